The van der Waals surface area contributed by atoms with Gasteiger partial charge in [-0.1, -0.05) is 11.6 Å². The van der Waals surface area contributed by atoms with Gasteiger partial charge in [-0.2, -0.15) is 9.97 Å². The van der Waals surface area contributed by atoms with Crippen molar-refractivity contribution in [3.63, 3.8) is 0 Å². The number of aliphatic hydroxyl groups excluding tert-OH is 1. The second-order valence-electron chi connectivity index (χ2n) is 8.43. The Kier molecular flexibility index (Phi) is 7.03. The molecule has 2 saturated heterocycles. The van der Waals surface area contributed by atoms with Crippen LogP contribution in [0.1, 0.15) is 17.5 Å². The van der Waals surface area contributed by atoms with E-state index in [1.54, 1.807) is 7.11 Å². The van der Waals surface area contributed by atoms with Gasteiger partial charge in [0.05, 0.1) is 24.3 Å². The summed E-state index contributed by atoms with van der Waals surface area (Å²) in [7, 11) is 1.57. The van der Waals surface area contributed by atoms with E-state index in [4.69, 9.17) is 35.3 Å². The lowest BCUT2D eigenvalue weighted by Crippen LogP contribution is -2.34. The molecule has 3 aromatic rings. The molecule has 4 heterocycles. The van der Waals surface area contributed by atoms with Crippen LogP contribution in [0.4, 0.5) is 8.78 Å². The third-order valence-corrected chi connectivity index (χ3v) is 6.26. The zero-order chi connectivity index (χ0) is 24.5. The van der Waals surface area contributed by atoms with Crippen molar-refractivity contribution in [2.24, 2.45) is 0 Å². The van der Waals surface area contributed by atoms with Crippen LogP contribution in [0.5, 0.6) is 11.9 Å². The highest BCUT2D eigenvalue weighted by Gasteiger charge is 2.48. The van der Waals surface area contributed by atoms with Gasteiger partial charge in [-0.05, 0) is 36.6 Å². The number of H-pyrrole nitrogens is 1. The number of nitrogens with zero attached hydrogens (tertiary/aromatic N) is 2. The average Bonchev–Trinajstić information content (AvgIpc) is 3.50. The number of aromatic nitrogens is 3. The highest BCUT2D eigenvalue weighted by molar-refractivity contribution is 6.32. The third kappa shape index (κ3) is 5.05. The Morgan fingerprint density at radius 3 is 2.69 bits per heavy atom. The number of pyridine rings is 1. The predicted octanol–water partition coefficient (Wildman–Crippen LogP) is 2.95. The van der Waals surface area contributed by atoms with Crippen molar-refractivity contribution in [1.29, 1.82) is 0 Å². The molecule has 12 heteroatoms. The molecule has 0 saturated carbocycles. The topological polar surface area (TPSA) is 108 Å². The number of methoxy groups -OCH3 is 1. The molecule has 0 radical (unpaired) electrons. The molecule has 9 nitrogen and oxygen atoms in total. The number of rotatable bonds is 9. The molecule has 35 heavy (non-hydrogen) atoms. The van der Waals surface area contributed by atoms with Gasteiger partial charge in [-0.3, -0.25) is 0 Å². The second-order valence-corrected chi connectivity index (χ2v) is 8.84. The molecule has 5 rings (SSSR count). The molecule has 1 aromatic carbocycles. The number of imidazole rings is 1. The summed E-state index contributed by atoms with van der Waals surface area (Å²) < 4.78 is 56.5. The fourth-order valence-corrected chi connectivity index (χ4v) is 4.43. The molecule has 2 fully saturated rings. The first-order valence-electron chi connectivity index (χ1n) is 11.2. The van der Waals surface area contributed by atoms with Crippen molar-refractivity contribution in [2.75, 3.05) is 26.9 Å². The van der Waals surface area contributed by atoms with E-state index in [9.17, 15) is 13.9 Å². The van der Waals surface area contributed by atoms with Crippen molar-refractivity contribution in [2.45, 2.75) is 43.9 Å². The fraction of sp³-hybridized carbons (Fsp3) is 0.478. The summed E-state index contributed by atoms with van der Waals surface area (Å²) in [5, 5.41) is 10.00. The van der Waals surface area contributed by atoms with Gasteiger partial charge in [0.2, 0.25) is 5.88 Å². The van der Waals surface area contributed by atoms with Crippen LogP contribution in [-0.4, -0.2) is 71.4 Å². The lowest BCUT2D eigenvalue weighted by Gasteiger charge is -2.15. The minimum absolute atomic E-state index is 0.0216. The summed E-state index contributed by atoms with van der Waals surface area (Å²) in [6.07, 6.45) is -0.818. The molecule has 4 atom stereocenters. The minimum atomic E-state index is -0.707. The van der Waals surface area contributed by atoms with E-state index in [0.29, 0.717) is 30.5 Å². The number of aryl methyl sites for hydroxylation is 1. The quantitative estimate of drug-likeness (QED) is 0.422. The second kappa shape index (κ2) is 10.2. The zero-order valence-corrected chi connectivity index (χ0v) is 19.6. The van der Waals surface area contributed by atoms with Crippen molar-refractivity contribution in [3.05, 3.63) is 46.0 Å². The first-order chi connectivity index (χ1) is 16.9. The van der Waals surface area contributed by atoms with Crippen molar-refractivity contribution < 1.29 is 37.6 Å². The van der Waals surface area contributed by atoms with Gasteiger partial charge in [0.15, 0.2) is 11.8 Å². The molecule has 0 spiro atoms. The smallest absolute Gasteiger partial charge is 0.296 e. The van der Waals surface area contributed by atoms with E-state index < -0.39 is 42.7 Å². The summed E-state index contributed by atoms with van der Waals surface area (Å²) >= 11 is 6.27. The molecule has 0 aliphatic carbocycles. The Hall–Kier alpha value is -2.57. The molecular formula is C23H24ClF2N3O6. The fourth-order valence-electron chi connectivity index (χ4n) is 4.22. The summed E-state index contributed by atoms with van der Waals surface area (Å²) in [4.78, 5) is 11.5. The zero-order valence-electron chi connectivity index (χ0n) is 18.8. The van der Waals surface area contributed by atoms with Crippen LogP contribution >= 0.6 is 11.6 Å². The number of hydrogen-bond acceptors (Lipinski definition) is 8. The monoisotopic (exact) mass is 511 g/mol. The molecule has 188 valence electrons. The first-order valence-corrected chi connectivity index (χ1v) is 11.5. The lowest BCUT2D eigenvalue weighted by molar-refractivity contribution is 0.00706. The Morgan fingerprint density at radius 1 is 1.14 bits per heavy atom. The van der Waals surface area contributed by atoms with E-state index in [0.717, 1.165) is 0 Å². The summed E-state index contributed by atoms with van der Waals surface area (Å²) in [6.45, 7) is 0.538. The predicted molar refractivity (Wildman–Crippen MR) is 120 cm³/mol. The molecule has 0 amide bonds. The Balaban J connectivity index is 1.27. The van der Waals surface area contributed by atoms with Crippen LogP contribution in [0.3, 0.4) is 0 Å². The van der Waals surface area contributed by atoms with E-state index in [-0.39, 0.29) is 41.3 Å². The van der Waals surface area contributed by atoms with Crippen molar-refractivity contribution in [1.82, 2.24) is 15.0 Å². The molecule has 0 bridgehead atoms. The molecule has 2 aliphatic heterocycles. The maximum atomic E-state index is 14.5. The number of nitrogens with one attached hydrogen (secondary N) is 1. The van der Waals surface area contributed by atoms with Crippen LogP contribution in [0, 0.1) is 11.6 Å². The first kappa shape index (κ1) is 24.1. The maximum Gasteiger partial charge on any atom is 0.296 e. The van der Waals surface area contributed by atoms with Crippen LogP contribution in [0.2, 0.25) is 5.02 Å². The normalized spacial score (nSPS) is 23.7. The number of halogens is 3. The summed E-state index contributed by atoms with van der Waals surface area (Å²) in [5.41, 5.74) is 1.05. The van der Waals surface area contributed by atoms with Gasteiger partial charge in [0.1, 0.15) is 41.6 Å². The van der Waals surface area contributed by atoms with Gasteiger partial charge in [-0.15, -0.1) is 0 Å². The highest BCUT2D eigenvalue weighted by atomic mass is 35.5. The standard InChI is InChI=1S/C23H24ClF2N3O6/c1-31-4-2-3-11-5-14(25)12(15(26)6-11)8-34-22-13(24)7-16-21(28-22)29-23(27-16)35-18-10-33-19-17(30)9-32-20(18)19/h5-7,17-20,30H,2-4,8-10H2,1H3,(H,27,28,29)/t17-,18-,19?,20?/m1/s1. The summed E-state index contributed by atoms with van der Waals surface area (Å²) in [5.74, 6) is -1.44. The number of aliphatic hydroxyl groups is 1. The molecule has 2 unspecified atom stereocenters. The molecular weight excluding hydrogens is 488 g/mol. The number of ether oxygens (including phenoxy) is 5. The maximum absolute atomic E-state index is 14.5. The van der Waals surface area contributed by atoms with Gasteiger partial charge in [0, 0.05) is 13.7 Å². The summed E-state index contributed by atoms with van der Waals surface area (Å²) in [6, 6.07) is 4.28. The Morgan fingerprint density at radius 2 is 1.91 bits per heavy atom. The van der Waals surface area contributed by atoms with E-state index in [2.05, 4.69) is 15.0 Å². The average molecular weight is 512 g/mol. The number of benzene rings is 1. The van der Waals surface area contributed by atoms with E-state index in [1.807, 2.05) is 0 Å². The molecule has 2 aromatic heterocycles. The Labute approximate surface area is 204 Å². The van der Waals surface area contributed by atoms with Crippen LogP contribution in [0.25, 0.3) is 11.2 Å². The molecule has 2 aliphatic rings. The van der Waals surface area contributed by atoms with Gasteiger partial charge >= 0.3 is 0 Å². The lowest BCUT2D eigenvalue weighted by atomic mass is 10.1. The van der Waals surface area contributed by atoms with E-state index in [1.165, 1.54) is 18.2 Å². The van der Waals surface area contributed by atoms with E-state index >= 15 is 0 Å². The Bertz CT molecular complexity index is 1190. The number of fused-ring (bicyclic) bond motifs is 2. The van der Waals surface area contributed by atoms with Crippen LogP contribution < -0.4 is 9.47 Å². The van der Waals surface area contributed by atoms with Crippen molar-refractivity contribution in [3.8, 4) is 11.9 Å². The van der Waals surface area contributed by atoms with Gasteiger partial charge in [0.25, 0.3) is 6.01 Å². The largest absolute Gasteiger partial charge is 0.471 e. The van der Waals surface area contributed by atoms with Gasteiger partial charge < -0.3 is 33.8 Å². The number of hydrogen-bond donors (Lipinski definition) is 2. The van der Waals surface area contributed by atoms with Crippen LogP contribution in [0.15, 0.2) is 18.2 Å². The van der Waals surface area contributed by atoms with Crippen molar-refractivity contribution >= 4 is 22.8 Å². The number of aromatic amines is 1. The highest BCUT2D eigenvalue weighted by Crippen LogP contribution is 2.31. The SMILES string of the molecule is COCCCc1cc(F)c(COc2nc3nc(O[C@@H]4COC5C4OC[C@H]5O)[nH]c3cc2Cl)c(F)c1. The molecule has 2 N–H and O–H groups in total. The van der Waals surface area contributed by atoms with Crippen LogP contribution in [-0.2, 0) is 27.2 Å². The van der Waals surface area contributed by atoms with Gasteiger partial charge in [-0.25, -0.2) is 8.78 Å². The minimum Gasteiger partial charge on any atom is -0.471 e. The third-order valence-electron chi connectivity index (χ3n) is 5.99.